The molecule has 0 spiro atoms. The van der Waals surface area contributed by atoms with E-state index in [-0.39, 0.29) is 0 Å². The van der Waals surface area contributed by atoms with Crippen molar-refractivity contribution in [2.75, 3.05) is 5.32 Å². The van der Waals surface area contributed by atoms with Gasteiger partial charge < -0.3 is 10.3 Å². The molecule has 0 amide bonds. The Labute approximate surface area is 155 Å². The van der Waals surface area contributed by atoms with Gasteiger partial charge in [0.05, 0.1) is 35.8 Å². The highest BCUT2D eigenvalue weighted by Crippen LogP contribution is 2.40. The maximum absolute atomic E-state index is 8.85. The first kappa shape index (κ1) is 15.8. The SMILES string of the molecule is C[C@@H]1C[C@H](Nc2cnc(C#N)cn2)C[C@@H]1c1ncc2cnc3[nH]ccc3n12. The number of H-pyrrole nitrogens is 1. The first-order valence-corrected chi connectivity index (χ1v) is 9.01. The Morgan fingerprint density at radius 2 is 2.04 bits per heavy atom. The van der Waals surface area contributed by atoms with Crippen molar-refractivity contribution >= 4 is 22.5 Å². The average Bonchev–Trinajstić information content (AvgIpc) is 3.39. The van der Waals surface area contributed by atoms with E-state index in [9.17, 15) is 0 Å². The molecule has 1 aliphatic carbocycles. The van der Waals surface area contributed by atoms with Crippen molar-refractivity contribution in [1.29, 1.82) is 5.26 Å². The molecule has 1 saturated carbocycles. The number of nitrogens with zero attached hydrogens (tertiary/aromatic N) is 6. The molecule has 27 heavy (non-hydrogen) atoms. The van der Waals surface area contributed by atoms with E-state index < -0.39 is 0 Å². The minimum atomic E-state index is 0.295. The summed E-state index contributed by atoms with van der Waals surface area (Å²) in [4.78, 5) is 20.7. The van der Waals surface area contributed by atoms with Crippen LogP contribution >= 0.6 is 0 Å². The minimum Gasteiger partial charge on any atom is -0.366 e. The van der Waals surface area contributed by atoms with Gasteiger partial charge in [0.2, 0.25) is 0 Å². The Hall–Kier alpha value is -3.47. The van der Waals surface area contributed by atoms with Crippen molar-refractivity contribution in [2.24, 2.45) is 5.92 Å². The van der Waals surface area contributed by atoms with Crippen LogP contribution in [0.15, 0.2) is 37.1 Å². The third-order valence-electron chi connectivity index (χ3n) is 5.42. The predicted molar refractivity (Wildman–Crippen MR) is 100 cm³/mol. The van der Waals surface area contributed by atoms with Gasteiger partial charge in [-0.2, -0.15) is 5.26 Å². The maximum atomic E-state index is 8.85. The fourth-order valence-electron chi connectivity index (χ4n) is 4.16. The molecule has 4 heterocycles. The van der Waals surface area contributed by atoms with Crippen molar-refractivity contribution in [1.82, 2.24) is 29.3 Å². The summed E-state index contributed by atoms with van der Waals surface area (Å²) in [5.74, 6) is 2.62. The third kappa shape index (κ3) is 2.59. The van der Waals surface area contributed by atoms with Crippen LogP contribution in [0.5, 0.6) is 0 Å². The number of rotatable bonds is 3. The summed E-state index contributed by atoms with van der Waals surface area (Å²) in [7, 11) is 0. The second-order valence-electron chi connectivity index (χ2n) is 7.14. The molecular weight excluding hydrogens is 340 g/mol. The molecule has 4 aromatic rings. The molecule has 2 N–H and O–H groups in total. The van der Waals surface area contributed by atoms with E-state index >= 15 is 0 Å². The third-order valence-corrected chi connectivity index (χ3v) is 5.42. The summed E-state index contributed by atoms with van der Waals surface area (Å²) < 4.78 is 2.21. The molecule has 0 radical (unpaired) electrons. The molecule has 8 nitrogen and oxygen atoms in total. The number of nitriles is 1. The normalized spacial score (nSPS) is 22.3. The molecule has 0 aliphatic heterocycles. The smallest absolute Gasteiger partial charge is 0.158 e. The molecule has 0 unspecified atom stereocenters. The zero-order chi connectivity index (χ0) is 18.4. The fourth-order valence-corrected chi connectivity index (χ4v) is 4.16. The van der Waals surface area contributed by atoms with E-state index in [0.29, 0.717) is 29.4 Å². The van der Waals surface area contributed by atoms with Crippen LogP contribution in [0, 0.1) is 17.2 Å². The second-order valence-corrected chi connectivity index (χ2v) is 7.14. The van der Waals surface area contributed by atoms with Crippen molar-refractivity contribution in [3.63, 3.8) is 0 Å². The molecule has 1 fully saturated rings. The Bertz CT molecular complexity index is 1150. The second kappa shape index (κ2) is 6.06. The van der Waals surface area contributed by atoms with Crippen LogP contribution in [0.3, 0.4) is 0 Å². The van der Waals surface area contributed by atoms with Crippen molar-refractivity contribution in [2.45, 2.75) is 31.7 Å². The zero-order valence-corrected chi connectivity index (χ0v) is 14.8. The van der Waals surface area contributed by atoms with Gasteiger partial charge in [-0.25, -0.2) is 19.9 Å². The van der Waals surface area contributed by atoms with Crippen molar-refractivity contribution in [3.05, 3.63) is 48.6 Å². The largest absolute Gasteiger partial charge is 0.366 e. The molecule has 4 aromatic heterocycles. The number of aromatic nitrogens is 6. The fraction of sp³-hybridized carbons (Fsp3) is 0.316. The minimum absolute atomic E-state index is 0.295. The standard InChI is InChI=1S/C19H18N8/c1-11-4-12(26-17-10-22-13(6-20)7-23-17)5-15(11)19-25-9-14-8-24-18-16(27(14)19)2-3-21-18/h2-3,7-12,15,21H,4-5H2,1H3,(H,23,26)/t11-,12+,15+/m1/s1. The molecular formula is C19H18N8. The van der Waals surface area contributed by atoms with Gasteiger partial charge in [0.15, 0.2) is 11.3 Å². The van der Waals surface area contributed by atoms with E-state index in [2.05, 4.69) is 36.6 Å². The lowest BCUT2D eigenvalue weighted by molar-refractivity contribution is 0.509. The van der Waals surface area contributed by atoms with Crippen LogP contribution in [0.1, 0.15) is 37.2 Å². The van der Waals surface area contributed by atoms with E-state index in [1.54, 1.807) is 6.20 Å². The molecule has 8 heteroatoms. The van der Waals surface area contributed by atoms with Gasteiger partial charge in [0.1, 0.15) is 17.7 Å². The number of fused-ring (bicyclic) bond motifs is 3. The van der Waals surface area contributed by atoms with Crippen molar-refractivity contribution in [3.8, 4) is 6.07 Å². The monoisotopic (exact) mass is 358 g/mol. The highest BCUT2D eigenvalue weighted by atomic mass is 15.1. The van der Waals surface area contributed by atoms with Crippen LogP contribution in [0.25, 0.3) is 16.7 Å². The lowest BCUT2D eigenvalue weighted by Crippen LogP contribution is -2.17. The number of imidazole rings is 1. The number of hydrogen-bond acceptors (Lipinski definition) is 6. The Kier molecular flexibility index (Phi) is 3.53. The van der Waals surface area contributed by atoms with Gasteiger partial charge in [-0.3, -0.25) is 4.40 Å². The summed E-state index contributed by atoms with van der Waals surface area (Å²) in [6.45, 7) is 2.27. The molecule has 0 aromatic carbocycles. The first-order valence-electron chi connectivity index (χ1n) is 9.01. The van der Waals surface area contributed by atoms with E-state index in [1.165, 1.54) is 6.20 Å². The summed E-state index contributed by atoms with van der Waals surface area (Å²) in [5, 5.41) is 12.3. The maximum Gasteiger partial charge on any atom is 0.158 e. The highest BCUT2D eigenvalue weighted by Gasteiger charge is 2.35. The molecule has 134 valence electrons. The van der Waals surface area contributed by atoms with Gasteiger partial charge in [-0.1, -0.05) is 6.92 Å². The summed E-state index contributed by atoms with van der Waals surface area (Å²) >= 11 is 0. The summed E-state index contributed by atoms with van der Waals surface area (Å²) in [6, 6.07) is 4.33. The van der Waals surface area contributed by atoms with Crippen LogP contribution in [0.4, 0.5) is 5.82 Å². The lowest BCUT2D eigenvalue weighted by Gasteiger charge is -2.15. The van der Waals surface area contributed by atoms with Gasteiger partial charge >= 0.3 is 0 Å². The zero-order valence-electron chi connectivity index (χ0n) is 14.8. The van der Waals surface area contributed by atoms with E-state index in [1.807, 2.05) is 30.7 Å². The van der Waals surface area contributed by atoms with Gasteiger partial charge in [-0.15, -0.1) is 0 Å². The Morgan fingerprint density at radius 1 is 1.15 bits per heavy atom. The quantitative estimate of drug-likeness (QED) is 0.583. The lowest BCUT2D eigenvalue weighted by atomic mass is 9.97. The summed E-state index contributed by atoms with van der Waals surface area (Å²) in [5.41, 5.74) is 3.27. The van der Waals surface area contributed by atoms with Gasteiger partial charge in [0.25, 0.3) is 0 Å². The molecule has 3 atom stereocenters. The number of hydrogen-bond donors (Lipinski definition) is 2. The summed E-state index contributed by atoms with van der Waals surface area (Å²) in [6.07, 6.45) is 10.8. The molecule has 1 aliphatic rings. The number of anilines is 1. The van der Waals surface area contributed by atoms with Crippen LogP contribution in [-0.4, -0.2) is 35.4 Å². The van der Waals surface area contributed by atoms with Gasteiger partial charge in [0, 0.05) is 18.2 Å². The van der Waals surface area contributed by atoms with Crippen LogP contribution in [0.2, 0.25) is 0 Å². The Morgan fingerprint density at radius 3 is 2.85 bits per heavy atom. The highest BCUT2D eigenvalue weighted by molar-refractivity contribution is 5.75. The first-order chi connectivity index (χ1) is 13.2. The van der Waals surface area contributed by atoms with Gasteiger partial charge in [-0.05, 0) is 24.8 Å². The average molecular weight is 358 g/mol. The predicted octanol–water partition coefficient (Wildman–Crippen LogP) is 2.87. The number of nitrogens with one attached hydrogen (secondary N) is 2. The topological polar surface area (TPSA) is 108 Å². The molecule has 5 rings (SSSR count). The van der Waals surface area contributed by atoms with Crippen LogP contribution in [-0.2, 0) is 0 Å². The molecule has 0 bridgehead atoms. The van der Waals surface area contributed by atoms with E-state index in [4.69, 9.17) is 10.2 Å². The number of aromatic amines is 1. The molecule has 0 saturated heterocycles. The van der Waals surface area contributed by atoms with E-state index in [0.717, 1.165) is 35.3 Å². The Balaban J connectivity index is 1.43. The van der Waals surface area contributed by atoms with Crippen LogP contribution < -0.4 is 5.32 Å². The van der Waals surface area contributed by atoms with Crippen molar-refractivity contribution < 1.29 is 0 Å².